The summed E-state index contributed by atoms with van der Waals surface area (Å²) in [6.07, 6.45) is 5.72. The third-order valence-corrected chi connectivity index (χ3v) is 5.55. The second-order valence-corrected chi connectivity index (χ2v) is 7.58. The molecule has 0 radical (unpaired) electrons. The minimum atomic E-state index is 0.0981. The van der Waals surface area contributed by atoms with Crippen molar-refractivity contribution in [2.75, 3.05) is 26.7 Å². The summed E-state index contributed by atoms with van der Waals surface area (Å²) in [7, 11) is 1.85. The lowest BCUT2D eigenvalue weighted by molar-refractivity contribution is -0.130. The molecule has 1 saturated carbocycles. The molecule has 2 fully saturated rings. The normalized spacial score (nSPS) is 20.6. The van der Waals surface area contributed by atoms with Crippen molar-refractivity contribution >= 4 is 11.8 Å². The van der Waals surface area contributed by atoms with E-state index in [1.807, 2.05) is 38.2 Å². The van der Waals surface area contributed by atoms with Gasteiger partial charge in [-0.25, -0.2) is 0 Å². The Hall–Kier alpha value is -2.04. The van der Waals surface area contributed by atoms with Crippen LogP contribution < -0.4 is 4.74 Å². The van der Waals surface area contributed by atoms with Crippen molar-refractivity contribution in [3.05, 3.63) is 29.8 Å². The Kier molecular flexibility index (Phi) is 6.17. The van der Waals surface area contributed by atoms with E-state index in [2.05, 4.69) is 4.90 Å². The number of hydrogen-bond donors (Lipinski definition) is 0. The SMILES string of the molecule is CCOc1ccc(CC(=O)N(C)C[C@@H]2CC(=O)N(C3CCCC3)C2)cc1. The topological polar surface area (TPSA) is 49.9 Å². The third kappa shape index (κ3) is 4.57. The first kappa shape index (κ1) is 18.7. The van der Waals surface area contributed by atoms with Crippen molar-refractivity contribution in [3.8, 4) is 5.75 Å². The summed E-state index contributed by atoms with van der Waals surface area (Å²) in [5, 5.41) is 0. The van der Waals surface area contributed by atoms with Gasteiger partial charge in [0.15, 0.2) is 0 Å². The highest BCUT2D eigenvalue weighted by atomic mass is 16.5. The molecule has 1 saturated heterocycles. The zero-order chi connectivity index (χ0) is 18.5. The number of hydrogen-bond acceptors (Lipinski definition) is 3. The minimum absolute atomic E-state index is 0.0981. The van der Waals surface area contributed by atoms with Crippen LogP contribution >= 0.6 is 0 Å². The second kappa shape index (κ2) is 8.56. The van der Waals surface area contributed by atoms with Gasteiger partial charge in [0.1, 0.15) is 5.75 Å². The molecule has 0 aromatic heterocycles. The number of likely N-dealkylation sites (tertiary alicyclic amines) is 1. The monoisotopic (exact) mass is 358 g/mol. The lowest BCUT2D eigenvalue weighted by Crippen LogP contribution is -2.36. The van der Waals surface area contributed by atoms with E-state index in [4.69, 9.17) is 4.74 Å². The van der Waals surface area contributed by atoms with Crippen LogP contribution in [0.15, 0.2) is 24.3 Å². The quantitative estimate of drug-likeness (QED) is 0.753. The zero-order valence-electron chi connectivity index (χ0n) is 15.9. The predicted molar refractivity (Wildman–Crippen MR) is 101 cm³/mol. The van der Waals surface area contributed by atoms with Crippen LogP contribution in [-0.4, -0.2) is 54.4 Å². The highest BCUT2D eigenvalue weighted by molar-refractivity contribution is 5.80. The number of carbonyl (C=O) groups excluding carboxylic acids is 2. The Balaban J connectivity index is 1.48. The molecule has 5 heteroatoms. The number of nitrogens with zero attached hydrogens (tertiary/aromatic N) is 2. The number of carbonyl (C=O) groups is 2. The number of ether oxygens (including phenoxy) is 1. The van der Waals surface area contributed by atoms with Gasteiger partial charge in [-0.05, 0) is 37.5 Å². The average molecular weight is 358 g/mol. The molecule has 1 atom stereocenters. The van der Waals surface area contributed by atoms with Crippen molar-refractivity contribution < 1.29 is 14.3 Å². The number of amides is 2. The van der Waals surface area contributed by atoms with Crippen molar-refractivity contribution in [2.24, 2.45) is 5.92 Å². The van der Waals surface area contributed by atoms with E-state index in [1.165, 1.54) is 12.8 Å². The molecule has 1 aliphatic carbocycles. The molecule has 2 amide bonds. The van der Waals surface area contributed by atoms with E-state index in [0.29, 0.717) is 32.0 Å². The Morgan fingerprint density at radius 3 is 2.58 bits per heavy atom. The summed E-state index contributed by atoms with van der Waals surface area (Å²) >= 11 is 0. The van der Waals surface area contributed by atoms with Gasteiger partial charge in [-0.1, -0.05) is 25.0 Å². The molecule has 1 heterocycles. The van der Waals surface area contributed by atoms with Gasteiger partial charge in [-0.2, -0.15) is 0 Å². The van der Waals surface area contributed by atoms with Crippen LogP contribution in [0, 0.1) is 5.92 Å². The van der Waals surface area contributed by atoms with E-state index < -0.39 is 0 Å². The van der Waals surface area contributed by atoms with Gasteiger partial charge in [0.25, 0.3) is 0 Å². The lowest BCUT2D eigenvalue weighted by Gasteiger charge is -2.25. The van der Waals surface area contributed by atoms with Crippen LogP contribution in [0.3, 0.4) is 0 Å². The number of rotatable bonds is 7. The van der Waals surface area contributed by atoms with Gasteiger partial charge in [-0.3, -0.25) is 9.59 Å². The molecule has 2 aliphatic rings. The minimum Gasteiger partial charge on any atom is -0.494 e. The first-order valence-electron chi connectivity index (χ1n) is 9.82. The molecular formula is C21H30N2O3. The van der Waals surface area contributed by atoms with Crippen molar-refractivity contribution in [1.29, 1.82) is 0 Å². The molecule has 1 aromatic rings. The van der Waals surface area contributed by atoms with Gasteiger partial charge >= 0.3 is 0 Å². The van der Waals surface area contributed by atoms with E-state index in [1.54, 1.807) is 4.90 Å². The first-order valence-corrected chi connectivity index (χ1v) is 9.82. The number of benzene rings is 1. The largest absolute Gasteiger partial charge is 0.494 e. The second-order valence-electron chi connectivity index (χ2n) is 7.58. The molecule has 5 nitrogen and oxygen atoms in total. The maximum absolute atomic E-state index is 12.5. The number of likely N-dealkylation sites (N-methyl/N-ethyl adjacent to an activating group) is 1. The maximum Gasteiger partial charge on any atom is 0.226 e. The Morgan fingerprint density at radius 1 is 1.23 bits per heavy atom. The van der Waals surface area contributed by atoms with Gasteiger partial charge in [-0.15, -0.1) is 0 Å². The molecule has 0 spiro atoms. The zero-order valence-corrected chi connectivity index (χ0v) is 15.9. The van der Waals surface area contributed by atoms with Gasteiger partial charge < -0.3 is 14.5 Å². The molecule has 3 rings (SSSR count). The molecule has 142 valence electrons. The van der Waals surface area contributed by atoms with Crippen LogP contribution in [-0.2, 0) is 16.0 Å². The standard InChI is InChI=1S/C21H30N2O3/c1-3-26-19-10-8-16(9-11-19)12-20(24)22(2)14-17-13-21(25)23(15-17)18-6-4-5-7-18/h8-11,17-18H,3-7,12-15H2,1-2H3/t17-/m0/s1. The van der Waals surface area contributed by atoms with E-state index in [0.717, 1.165) is 30.7 Å². The summed E-state index contributed by atoms with van der Waals surface area (Å²) < 4.78 is 5.43. The third-order valence-electron chi connectivity index (χ3n) is 5.55. The summed E-state index contributed by atoms with van der Waals surface area (Å²) in [5.74, 6) is 1.46. The summed E-state index contributed by atoms with van der Waals surface area (Å²) in [5.41, 5.74) is 0.986. The summed E-state index contributed by atoms with van der Waals surface area (Å²) in [4.78, 5) is 28.7. The first-order chi connectivity index (χ1) is 12.6. The molecule has 26 heavy (non-hydrogen) atoms. The highest BCUT2D eigenvalue weighted by Gasteiger charge is 2.36. The molecule has 1 aromatic carbocycles. The molecule has 0 unspecified atom stereocenters. The van der Waals surface area contributed by atoms with Crippen LogP contribution in [0.4, 0.5) is 0 Å². The van der Waals surface area contributed by atoms with Crippen molar-refractivity contribution in [1.82, 2.24) is 9.80 Å². The van der Waals surface area contributed by atoms with E-state index >= 15 is 0 Å². The fourth-order valence-corrected chi connectivity index (χ4v) is 4.17. The van der Waals surface area contributed by atoms with Gasteiger partial charge in [0, 0.05) is 38.5 Å². The van der Waals surface area contributed by atoms with Crippen LogP contribution in [0.2, 0.25) is 0 Å². The van der Waals surface area contributed by atoms with Crippen molar-refractivity contribution in [2.45, 2.75) is 51.5 Å². The van der Waals surface area contributed by atoms with E-state index in [9.17, 15) is 9.59 Å². The Morgan fingerprint density at radius 2 is 1.92 bits per heavy atom. The molecule has 1 aliphatic heterocycles. The molecule has 0 bridgehead atoms. The Bertz CT molecular complexity index is 623. The van der Waals surface area contributed by atoms with Crippen molar-refractivity contribution in [3.63, 3.8) is 0 Å². The van der Waals surface area contributed by atoms with Crippen LogP contribution in [0.5, 0.6) is 5.75 Å². The fourth-order valence-electron chi connectivity index (χ4n) is 4.17. The smallest absolute Gasteiger partial charge is 0.226 e. The molecular weight excluding hydrogens is 328 g/mol. The van der Waals surface area contributed by atoms with Gasteiger partial charge in [0.2, 0.25) is 11.8 Å². The fraction of sp³-hybridized carbons (Fsp3) is 0.619. The molecule has 0 N–H and O–H groups in total. The Labute approximate surface area is 156 Å². The predicted octanol–water partition coefficient (Wildman–Crippen LogP) is 2.88. The lowest BCUT2D eigenvalue weighted by atomic mass is 10.1. The van der Waals surface area contributed by atoms with E-state index in [-0.39, 0.29) is 17.7 Å². The highest BCUT2D eigenvalue weighted by Crippen LogP contribution is 2.29. The van der Waals surface area contributed by atoms with Crippen LogP contribution in [0.25, 0.3) is 0 Å². The van der Waals surface area contributed by atoms with Crippen LogP contribution in [0.1, 0.15) is 44.6 Å². The van der Waals surface area contributed by atoms with Gasteiger partial charge in [0.05, 0.1) is 13.0 Å². The summed E-state index contributed by atoms with van der Waals surface area (Å²) in [6, 6.07) is 8.13. The maximum atomic E-state index is 12.5. The summed E-state index contributed by atoms with van der Waals surface area (Å²) in [6.45, 7) is 4.06. The average Bonchev–Trinajstić information content (AvgIpc) is 3.26.